The third-order valence-electron chi connectivity index (χ3n) is 4.23. The van der Waals surface area contributed by atoms with Crippen LogP contribution in [0.25, 0.3) is 0 Å². The summed E-state index contributed by atoms with van der Waals surface area (Å²) in [7, 11) is 0. The molecule has 1 amide bonds. The quantitative estimate of drug-likeness (QED) is 0.403. The summed E-state index contributed by atoms with van der Waals surface area (Å²) in [4.78, 5) is 26.2. The van der Waals surface area contributed by atoms with E-state index in [1.54, 1.807) is 23.3 Å². The van der Waals surface area contributed by atoms with Gasteiger partial charge in [0.2, 0.25) is 5.91 Å². The van der Waals surface area contributed by atoms with E-state index >= 15 is 0 Å². The van der Waals surface area contributed by atoms with E-state index in [1.165, 1.54) is 19.1 Å². The summed E-state index contributed by atoms with van der Waals surface area (Å²) in [5.74, 6) is -0.143. The number of benzene rings is 2. The van der Waals surface area contributed by atoms with Crippen LogP contribution < -0.4 is 4.90 Å². The first-order chi connectivity index (χ1) is 13.4. The van der Waals surface area contributed by atoms with Gasteiger partial charge in [0, 0.05) is 16.1 Å². The fourth-order valence-corrected chi connectivity index (χ4v) is 3.46. The lowest BCUT2D eigenvalue weighted by molar-refractivity contribution is -0.116. The zero-order valence-corrected chi connectivity index (χ0v) is 16.5. The average Bonchev–Trinajstić information content (AvgIpc) is 3.19. The Hall–Kier alpha value is -2.86. The van der Waals surface area contributed by atoms with Gasteiger partial charge >= 0.3 is 0 Å². The van der Waals surface area contributed by atoms with Gasteiger partial charge in [-0.25, -0.2) is 4.39 Å². The van der Waals surface area contributed by atoms with Gasteiger partial charge in [-0.3, -0.25) is 9.59 Å². The van der Waals surface area contributed by atoms with E-state index in [0.717, 1.165) is 23.0 Å². The summed E-state index contributed by atoms with van der Waals surface area (Å²) >= 11 is 1.11. The first-order valence-electron chi connectivity index (χ1n) is 8.77. The van der Waals surface area contributed by atoms with Crippen molar-refractivity contribution in [2.75, 3.05) is 10.7 Å². The summed E-state index contributed by atoms with van der Waals surface area (Å²) < 4.78 is 19.6. The van der Waals surface area contributed by atoms with Gasteiger partial charge in [0.05, 0.1) is 18.6 Å². The van der Waals surface area contributed by atoms with Crippen molar-refractivity contribution in [3.63, 3.8) is 0 Å². The minimum Gasteiger partial charge on any atom is -0.467 e. The smallest absolute Gasteiger partial charge is 0.237 e. The van der Waals surface area contributed by atoms with Crippen molar-refractivity contribution in [2.24, 2.45) is 0 Å². The van der Waals surface area contributed by atoms with E-state index in [-0.39, 0.29) is 17.4 Å². The third-order valence-corrected chi connectivity index (χ3v) is 5.26. The average molecular weight is 397 g/mol. The molecule has 0 aliphatic carbocycles. The monoisotopic (exact) mass is 397 g/mol. The fraction of sp³-hybridized carbons (Fsp3) is 0.182. The Morgan fingerprint density at radius 2 is 1.86 bits per heavy atom. The van der Waals surface area contributed by atoms with Crippen LogP contribution in [0.1, 0.15) is 28.6 Å². The molecule has 0 saturated heterocycles. The van der Waals surface area contributed by atoms with Crippen LogP contribution in [0.15, 0.2) is 70.2 Å². The predicted octanol–water partition coefficient (Wildman–Crippen LogP) is 5.26. The highest BCUT2D eigenvalue weighted by Gasteiger charge is 2.19. The molecule has 2 aromatic carbocycles. The van der Waals surface area contributed by atoms with E-state index in [2.05, 4.69) is 0 Å². The molecule has 0 spiro atoms. The van der Waals surface area contributed by atoms with Crippen molar-refractivity contribution in [1.82, 2.24) is 0 Å². The SMILES string of the molecule is CC(=O)c1ccc(SCC(=O)N(Cc2ccco2)c2ccc(C)cc2)c(F)c1. The number of carbonyl (C=O) groups excluding carboxylic acids is 2. The molecule has 4 nitrogen and oxygen atoms in total. The topological polar surface area (TPSA) is 50.5 Å². The lowest BCUT2D eigenvalue weighted by Crippen LogP contribution is -2.31. The Balaban J connectivity index is 1.75. The van der Waals surface area contributed by atoms with Crippen molar-refractivity contribution in [1.29, 1.82) is 0 Å². The number of rotatable bonds is 7. The third kappa shape index (κ3) is 4.89. The van der Waals surface area contributed by atoms with Crippen LogP contribution in [-0.4, -0.2) is 17.4 Å². The molecule has 6 heteroatoms. The summed E-state index contributed by atoms with van der Waals surface area (Å²) in [6, 6.07) is 15.5. The number of halogens is 1. The number of aryl methyl sites for hydroxylation is 1. The number of nitrogens with zero attached hydrogens (tertiary/aromatic N) is 1. The number of thioether (sulfide) groups is 1. The molecular weight excluding hydrogens is 377 g/mol. The van der Waals surface area contributed by atoms with E-state index in [0.29, 0.717) is 22.8 Å². The lowest BCUT2D eigenvalue weighted by Gasteiger charge is -2.22. The van der Waals surface area contributed by atoms with Crippen LogP contribution in [0.4, 0.5) is 10.1 Å². The van der Waals surface area contributed by atoms with Crippen molar-refractivity contribution < 1.29 is 18.4 Å². The Bertz CT molecular complexity index is 968. The first kappa shape index (κ1) is 19.9. The van der Waals surface area contributed by atoms with Crippen molar-refractivity contribution in [3.8, 4) is 0 Å². The van der Waals surface area contributed by atoms with Crippen LogP contribution >= 0.6 is 11.8 Å². The zero-order valence-electron chi connectivity index (χ0n) is 15.6. The molecule has 0 aliphatic heterocycles. The molecular formula is C22H20FNO3S. The Morgan fingerprint density at radius 1 is 1.11 bits per heavy atom. The van der Waals surface area contributed by atoms with Gasteiger partial charge in [-0.2, -0.15) is 0 Å². The van der Waals surface area contributed by atoms with Crippen LogP contribution in [0.2, 0.25) is 0 Å². The first-order valence-corrected chi connectivity index (χ1v) is 9.75. The van der Waals surface area contributed by atoms with E-state index in [9.17, 15) is 14.0 Å². The van der Waals surface area contributed by atoms with Crippen molar-refractivity contribution in [3.05, 3.63) is 83.6 Å². The molecule has 1 aromatic heterocycles. The van der Waals surface area contributed by atoms with Crippen molar-refractivity contribution >= 4 is 29.1 Å². The molecule has 0 aliphatic rings. The number of Topliss-reactive ketones (excluding diaryl/α,β-unsaturated/α-hetero) is 1. The highest BCUT2D eigenvalue weighted by Crippen LogP contribution is 2.25. The van der Waals surface area contributed by atoms with Crippen LogP contribution in [0.3, 0.4) is 0 Å². The maximum atomic E-state index is 14.2. The molecule has 3 rings (SSSR count). The maximum absolute atomic E-state index is 14.2. The molecule has 0 radical (unpaired) electrons. The van der Waals surface area contributed by atoms with Gasteiger partial charge in [-0.05, 0) is 50.2 Å². The number of furan rings is 1. The molecule has 0 unspecified atom stereocenters. The van der Waals surface area contributed by atoms with Gasteiger partial charge in [0.15, 0.2) is 5.78 Å². The lowest BCUT2D eigenvalue weighted by atomic mass is 10.1. The van der Waals surface area contributed by atoms with Gasteiger partial charge in [0.25, 0.3) is 0 Å². The summed E-state index contributed by atoms with van der Waals surface area (Å²) in [6.07, 6.45) is 1.56. The molecule has 3 aromatic rings. The van der Waals surface area contributed by atoms with Gasteiger partial charge in [-0.15, -0.1) is 11.8 Å². The van der Waals surface area contributed by atoms with Crippen LogP contribution in [0, 0.1) is 12.7 Å². The molecule has 0 atom stereocenters. The predicted molar refractivity (Wildman–Crippen MR) is 108 cm³/mol. The van der Waals surface area contributed by atoms with Gasteiger partial charge in [0.1, 0.15) is 11.6 Å². The molecule has 0 N–H and O–H groups in total. The highest BCUT2D eigenvalue weighted by atomic mass is 32.2. The van der Waals surface area contributed by atoms with Crippen LogP contribution in [-0.2, 0) is 11.3 Å². The highest BCUT2D eigenvalue weighted by molar-refractivity contribution is 8.00. The number of anilines is 1. The van der Waals surface area contributed by atoms with E-state index in [1.807, 2.05) is 37.3 Å². The van der Waals surface area contributed by atoms with Crippen LogP contribution in [0.5, 0.6) is 0 Å². The second-order valence-corrected chi connectivity index (χ2v) is 7.40. The van der Waals surface area contributed by atoms with E-state index < -0.39 is 5.82 Å². The van der Waals surface area contributed by atoms with E-state index in [4.69, 9.17) is 4.42 Å². The Morgan fingerprint density at radius 3 is 2.46 bits per heavy atom. The molecule has 144 valence electrons. The second-order valence-electron chi connectivity index (χ2n) is 6.38. The van der Waals surface area contributed by atoms with Gasteiger partial charge < -0.3 is 9.32 Å². The molecule has 1 heterocycles. The standard InChI is InChI=1S/C22H20FNO3S/c1-15-5-8-18(9-6-15)24(13-19-4-3-11-27-19)22(26)14-28-21-10-7-17(16(2)25)12-20(21)23/h3-12H,13-14H2,1-2H3. The Labute approximate surface area is 167 Å². The zero-order chi connectivity index (χ0) is 20.1. The molecule has 0 bridgehead atoms. The van der Waals surface area contributed by atoms with Gasteiger partial charge in [-0.1, -0.05) is 23.8 Å². The summed E-state index contributed by atoms with van der Waals surface area (Å²) in [6.45, 7) is 3.66. The Kier molecular flexibility index (Phi) is 6.31. The number of hydrogen-bond donors (Lipinski definition) is 0. The second kappa shape index (κ2) is 8.89. The normalized spacial score (nSPS) is 10.7. The number of ketones is 1. The number of carbonyl (C=O) groups is 2. The minimum absolute atomic E-state index is 0.0604. The number of amides is 1. The maximum Gasteiger partial charge on any atom is 0.237 e. The molecule has 0 fully saturated rings. The largest absolute Gasteiger partial charge is 0.467 e. The van der Waals surface area contributed by atoms with Crippen molar-refractivity contribution in [2.45, 2.75) is 25.3 Å². The molecule has 28 heavy (non-hydrogen) atoms. The fourth-order valence-electron chi connectivity index (χ4n) is 2.66. The summed E-state index contributed by atoms with van der Waals surface area (Å²) in [5.41, 5.74) is 2.16. The minimum atomic E-state index is -0.501. The summed E-state index contributed by atoms with van der Waals surface area (Å²) in [5, 5.41) is 0. The molecule has 0 saturated carbocycles. The number of hydrogen-bond acceptors (Lipinski definition) is 4.